The van der Waals surface area contributed by atoms with Crippen LogP contribution in [0.3, 0.4) is 0 Å². The van der Waals surface area contributed by atoms with Crippen molar-refractivity contribution in [3.05, 3.63) is 42.0 Å². The standard InChI is InChI=1S/C33H45N3O9/c1-21(2)30(35-26(38)9-7-6-8-18-36-27(39)15-16-28(36)40)25(37)19-23(12-17-29(41)42)31(43)34-24-13-10-22(11-14-24)20-45-32(44)33(3,4)5/h10-11,13-16,21,23,30H,6-9,12,17-20H2,1-5H3,(H,34,43)(H,35,38)(H,41,42)/t23-,30+/m1/s1. The quantitative estimate of drug-likeness (QED) is 0.124. The van der Waals surface area contributed by atoms with E-state index in [2.05, 4.69) is 10.6 Å². The van der Waals surface area contributed by atoms with E-state index in [1.807, 2.05) is 0 Å². The molecule has 2 atom stereocenters. The number of amides is 4. The first-order chi connectivity index (χ1) is 21.1. The lowest BCUT2D eigenvalue weighted by Gasteiger charge is -2.24. The average Bonchev–Trinajstić information content (AvgIpc) is 3.28. The van der Waals surface area contributed by atoms with Gasteiger partial charge in [0.05, 0.1) is 11.5 Å². The Morgan fingerprint density at radius 3 is 2.09 bits per heavy atom. The van der Waals surface area contributed by atoms with Gasteiger partial charge in [0.1, 0.15) is 6.61 Å². The molecule has 1 aliphatic heterocycles. The molecule has 12 nitrogen and oxygen atoms in total. The summed E-state index contributed by atoms with van der Waals surface area (Å²) in [4.78, 5) is 86.8. The number of rotatable bonds is 18. The van der Waals surface area contributed by atoms with Gasteiger partial charge in [-0.05, 0) is 63.6 Å². The summed E-state index contributed by atoms with van der Waals surface area (Å²) in [5.41, 5.74) is 0.515. The molecule has 2 rings (SSSR count). The smallest absolute Gasteiger partial charge is 0.311 e. The van der Waals surface area contributed by atoms with E-state index in [1.54, 1.807) is 58.9 Å². The molecular formula is C33H45N3O9. The number of benzene rings is 1. The molecular weight excluding hydrogens is 582 g/mol. The molecule has 1 aliphatic rings. The lowest BCUT2D eigenvalue weighted by molar-refractivity contribution is -0.154. The van der Waals surface area contributed by atoms with Gasteiger partial charge < -0.3 is 20.5 Å². The first-order valence-electron chi connectivity index (χ1n) is 15.2. The summed E-state index contributed by atoms with van der Waals surface area (Å²) in [6.07, 6.45) is 3.61. The average molecular weight is 628 g/mol. The largest absolute Gasteiger partial charge is 0.481 e. The van der Waals surface area contributed by atoms with Crippen molar-refractivity contribution >= 4 is 47.0 Å². The Morgan fingerprint density at radius 1 is 0.911 bits per heavy atom. The topological polar surface area (TPSA) is 176 Å². The number of Topliss-reactive ketones (excluding diaryl/α,β-unsaturated/α-hetero) is 1. The van der Waals surface area contributed by atoms with E-state index < -0.39 is 29.3 Å². The highest BCUT2D eigenvalue weighted by Gasteiger charge is 2.30. The van der Waals surface area contributed by atoms with Crippen LogP contribution in [0.2, 0.25) is 0 Å². The number of unbranched alkanes of at least 4 members (excludes halogenated alkanes) is 2. The minimum Gasteiger partial charge on any atom is -0.481 e. The van der Waals surface area contributed by atoms with Crippen LogP contribution in [0.25, 0.3) is 0 Å². The van der Waals surface area contributed by atoms with Gasteiger partial charge in [-0.15, -0.1) is 0 Å². The van der Waals surface area contributed by atoms with Crippen LogP contribution in [0.15, 0.2) is 36.4 Å². The van der Waals surface area contributed by atoms with Crippen LogP contribution >= 0.6 is 0 Å². The van der Waals surface area contributed by atoms with E-state index in [0.717, 1.165) is 4.90 Å². The van der Waals surface area contributed by atoms with Crippen molar-refractivity contribution in [3.8, 4) is 0 Å². The van der Waals surface area contributed by atoms with E-state index in [0.29, 0.717) is 30.5 Å². The summed E-state index contributed by atoms with van der Waals surface area (Å²) < 4.78 is 5.30. The number of esters is 1. The fraction of sp³-hybridized carbons (Fsp3) is 0.545. The SMILES string of the molecule is CC(C)[C@H](NC(=O)CCCCCN1C(=O)C=CC1=O)C(=O)C[C@@H](CCC(=O)O)C(=O)Nc1ccc(COC(=O)C(C)(C)C)cc1. The molecule has 1 aromatic carbocycles. The Balaban J connectivity index is 1.92. The number of hydrogen-bond donors (Lipinski definition) is 3. The molecule has 0 unspecified atom stereocenters. The summed E-state index contributed by atoms with van der Waals surface area (Å²) in [5.74, 6) is -4.58. The van der Waals surface area contributed by atoms with Crippen LogP contribution in [0.1, 0.15) is 85.1 Å². The molecule has 0 saturated carbocycles. The minimum absolute atomic E-state index is 0.0654. The zero-order valence-corrected chi connectivity index (χ0v) is 26.7. The second-order valence-corrected chi connectivity index (χ2v) is 12.6. The number of nitrogens with one attached hydrogen (secondary N) is 2. The van der Waals surface area contributed by atoms with Crippen LogP contribution in [0.5, 0.6) is 0 Å². The summed E-state index contributed by atoms with van der Waals surface area (Å²) in [6, 6.07) is 5.77. The monoisotopic (exact) mass is 627 g/mol. The summed E-state index contributed by atoms with van der Waals surface area (Å²) in [6.45, 7) is 9.15. The Labute approximate surface area is 263 Å². The zero-order chi connectivity index (χ0) is 33.7. The molecule has 1 aromatic rings. The summed E-state index contributed by atoms with van der Waals surface area (Å²) >= 11 is 0. The first-order valence-corrected chi connectivity index (χ1v) is 15.2. The maximum absolute atomic E-state index is 13.3. The molecule has 12 heteroatoms. The third-order valence-electron chi connectivity index (χ3n) is 7.24. The van der Waals surface area contributed by atoms with Gasteiger partial charge in [0, 0.05) is 49.6 Å². The number of ketones is 1. The van der Waals surface area contributed by atoms with Gasteiger partial charge in [0.15, 0.2) is 5.78 Å². The number of imide groups is 1. The number of carbonyl (C=O) groups excluding carboxylic acids is 6. The molecule has 246 valence electrons. The van der Waals surface area contributed by atoms with Crippen LogP contribution in [-0.4, -0.2) is 63.9 Å². The molecule has 0 bridgehead atoms. The highest BCUT2D eigenvalue weighted by Crippen LogP contribution is 2.21. The predicted molar refractivity (Wildman–Crippen MR) is 165 cm³/mol. The van der Waals surface area contributed by atoms with Crippen LogP contribution in [0, 0.1) is 17.3 Å². The van der Waals surface area contributed by atoms with Gasteiger partial charge in [0.2, 0.25) is 11.8 Å². The number of hydrogen-bond acceptors (Lipinski definition) is 8. The normalized spacial score (nSPS) is 14.3. The molecule has 1 heterocycles. The lowest BCUT2D eigenvalue weighted by Crippen LogP contribution is -2.45. The number of carbonyl (C=O) groups is 7. The third-order valence-corrected chi connectivity index (χ3v) is 7.24. The highest BCUT2D eigenvalue weighted by molar-refractivity contribution is 6.12. The van der Waals surface area contributed by atoms with E-state index >= 15 is 0 Å². The van der Waals surface area contributed by atoms with Crippen molar-refractivity contribution in [1.82, 2.24) is 10.2 Å². The molecule has 0 spiro atoms. The van der Waals surface area contributed by atoms with Crippen LogP contribution in [-0.2, 0) is 44.9 Å². The van der Waals surface area contributed by atoms with E-state index in [-0.39, 0.29) is 74.2 Å². The third kappa shape index (κ3) is 12.7. The number of carboxylic acids is 1. The second-order valence-electron chi connectivity index (χ2n) is 12.6. The maximum atomic E-state index is 13.3. The molecule has 0 aromatic heterocycles. The van der Waals surface area contributed by atoms with Crippen molar-refractivity contribution in [3.63, 3.8) is 0 Å². The Hall–Kier alpha value is -4.35. The van der Waals surface area contributed by atoms with Crippen molar-refractivity contribution in [1.29, 1.82) is 0 Å². The molecule has 0 aliphatic carbocycles. The molecule has 0 radical (unpaired) electrons. The molecule has 3 N–H and O–H groups in total. The molecule has 4 amide bonds. The van der Waals surface area contributed by atoms with Gasteiger partial charge in [-0.1, -0.05) is 32.4 Å². The van der Waals surface area contributed by atoms with Crippen LogP contribution in [0.4, 0.5) is 5.69 Å². The van der Waals surface area contributed by atoms with Crippen molar-refractivity contribution < 1.29 is 43.4 Å². The van der Waals surface area contributed by atoms with Crippen molar-refractivity contribution in [2.24, 2.45) is 17.3 Å². The first kappa shape index (κ1) is 36.8. The maximum Gasteiger partial charge on any atom is 0.311 e. The van der Waals surface area contributed by atoms with Gasteiger partial charge in [0.25, 0.3) is 11.8 Å². The number of carboxylic acid groups (broad SMARTS) is 1. The van der Waals surface area contributed by atoms with Crippen molar-refractivity contribution in [2.75, 3.05) is 11.9 Å². The van der Waals surface area contributed by atoms with Gasteiger partial charge in [-0.25, -0.2) is 0 Å². The van der Waals surface area contributed by atoms with Crippen LogP contribution < -0.4 is 10.6 Å². The van der Waals surface area contributed by atoms with E-state index in [9.17, 15) is 38.7 Å². The Morgan fingerprint density at radius 2 is 1.53 bits per heavy atom. The predicted octanol–water partition coefficient (Wildman–Crippen LogP) is 3.78. The van der Waals surface area contributed by atoms with E-state index in [1.165, 1.54) is 12.2 Å². The molecule has 0 saturated heterocycles. The number of anilines is 1. The van der Waals surface area contributed by atoms with Crippen molar-refractivity contribution in [2.45, 2.75) is 92.2 Å². The number of nitrogens with zero attached hydrogens (tertiary/aromatic N) is 1. The minimum atomic E-state index is -1.10. The number of ether oxygens (including phenoxy) is 1. The van der Waals surface area contributed by atoms with Gasteiger partial charge in [-0.2, -0.15) is 0 Å². The highest BCUT2D eigenvalue weighted by atomic mass is 16.5. The fourth-order valence-corrected chi connectivity index (χ4v) is 4.54. The van der Waals surface area contributed by atoms with E-state index in [4.69, 9.17) is 4.74 Å². The summed E-state index contributed by atoms with van der Waals surface area (Å²) in [7, 11) is 0. The second kappa shape index (κ2) is 17.2. The molecule has 0 fully saturated rings. The summed E-state index contributed by atoms with van der Waals surface area (Å²) in [5, 5.41) is 14.7. The Kier molecular flexibility index (Phi) is 14.1. The zero-order valence-electron chi connectivity index (χ0n) is 26.7. The van der Waals surface area contributed by atoms with Gasteiger partial charge >= 0.3 is 11.9 Å². The van der Waals surface area contributed by atoms with Gasteiger partial charge in [-0.3, -0.25) is 38.5 Å². The fourth-order valence-electron chi connectivity index (χ4n) is 4.54. The lowest BCUT2D eigenvalue weighted by atomic mass is 9.89. The number of aliphatic carboxylic acids is 1. The molecule has 45 heavy (non-hydrogen) atoms. The Bertz CT molecular complexity index is 1260.